The molecule has 0 atom stereocenters. The van der Waals surface area contributed by atoms with Crippen LogP contribution in [0.3, 0.4) is 0 Å². The van der Waals surface area contributed by atoms with Gasteiger partial charge in [-0.15, -0.1) is 11.3 Å². The predicted octanol–water partition coefficient (Wildman–Crippen LogP) is 8.90. The highest BCUT2D eigenvalue weighted by molar-refractivity contribution is 7.25. The number of aromatic nitrogens is 1. The number of para-hydroxylation sites is 2. The van der Waals surface area contributed by atoms with Crippen LogP contribution >= 0.6 is 11.3 Å². The van der Waals surface area contributed by atoms with Crippen LogP contribution in [0.4, 0.5) is 11.4 Å². The Bertz CT molecular complexity index is 1750. The van der Waals surface area contributed by atoms with E-state index in [0.717, 1.165) is 17.1 Å². The van der Waals surface area contributed by atoms with Gasteiger partial charge in [0.05, 0.1) is 11.0 Å². The zero-order chi connectivity index (χ0) is 21.8. The highest BCUT2D eigenvalue weighted by Gasteiger charge is 2.13. The molecule has 3 heteroatoms. The quantitative estimate of drug-likeness (QED) is 0.290. The summed E-state index contributed by atoms with van der Waals surface area (Å²) in [6, 6.07) is 41.1. The summed E-state index contributed by atoms with van der Waals surface area (Å²) in [6.07, 6.45) is 0. The Labute approximate surface area is 195 Å². The van der Waals surface area contributed by atoms with Gasteiger partial charge in [-0.1, -0.05) is 66.7 Å². The van der Waals surface area contributed by atoms with Crippen molar-refractivity contribution >= 4 is 64.7 Å². The van der Waals surface area contributed by atoms with Crippen molar-refractivity contribution in [1.29, 1.82) is 0 Å². The fourth-order valence-electron chi connectivity index (χ4n) is 4.96. The van der Waals surface area contributed by atoms with E-state index >= 15 is 0 Å². The molecule has 0 bridgehead atoms. The number of anilines is 2. The van der Waals surface area contributed by atoms with E-state index < -0.39 is 0 Å². The van der Waals surface area contributed by atoms with E-state index in [1.165, 1.54) is 42.0 Å². The topological polar surface area (TPSA) is 17.0 Å². The van der Waals surface area contributed by atoms with Crippen LogP contribution in [-0.2, 0) is 0 Å². The minimum Gasteiger partial charge on any atom is -0.355 e. The van der Waals surface area contributed by atoms with Gasteiger partial charge >= 0.3 is 0 Å². The summed E-state index contributed by atoms with van der Waals surface area (Å²) < 4.78 is 4.98. The largest absolute Gasteiger partial charge is 0.355 e. The van der Waals surface area contributed by atoms with E-state index in [4.69, 9.17) is 0 Å². The summed E-state index contributed by atoms with van der Waals surface area (Å²) in [5.74, 6) is 0. The van der Waals surface area contributed by atoms with Crippen molar-refractivity contribution in [2.24, 2.45) is 0 Å². The van der Waals surface area contributed by atoms with Crippen LogP contribution in [-0.4, -0.2) is 4.57 Å². The zero-order valence-electron chi connectivity index (χ0n) is 17.8. The Hall–Kier alpha value is -4.08. The Morgan fingerprint density at radius 3 is 1.97 bits per heavy atom. The summed E-state index contributed by atoms with van der Waals surface area (Å²) in [5.41, 5.74) is 5.82. The monoisotopic (exact) mass is 440 g/mol. The summed E-state index contributed by atoms with van der Waals surface area (Å²) in [6.45, 7) is 0. The maximum absolute atomic E-state index is 3.72. The molecule has 0 aliphatic heterocycles. The lowest BCUT2D eigenvalue weighted by Gasteiger charge is -2.12. The molecule has 7 aromatic rings. The minimum absolute atomic E-state index is 1.08. The van der Waals surface area contributed by atoms with E-state index in [-0.39, 0.29) is 0 Å². The number of benzene rings is 5. The molecule has 33 heavy (non-hydrogen) atoms. The Morgan fingerprint density at radius 2 is 1.18 bits per heavy atom. The lowest BCUT2D eigenvalue weighted by molar-refractivity contribution is 1.18. The molecule has 0 aliphatic rings. The fraction of sp³-hybridized carbons (Fsp3) is 0. The molecule has 0 aliphatic carbocycles. The van der Waals surface area contributed by atoms with Crippen molar-refractivity contribution < 1.29 is 0 Å². The third-order valence-corrected chi connectivity index (χ3v) is 7.50. The fourth-order valence-corrected chi connectivity index (χ4v) is 6.09. The van der Waals surface area contributed by atoms with Gasteiger partial charge in [-0.2, -0.15) is 0 Å². The zero-order valence-corrected chi connectivity index (χ0v) is 18.6. The van der Waals surface area contributed by atoms with Gasteiger partial charge in [-0.25, -0.2) is 0 Å². The summed E-state index contributed by atoms with van der Waals surface area (Å²) >= 11 is 1.85. The second-order valence-corrected chi connectivity index (χ2v) is 9.41. The van der Waals surface area contributed by atoms with Crippen molar-refractivity contribution in [2.75, 3.05) is 5.32 Å². The second kappa shape index (κ2) is 7.22. The number of hydrogen-bond donors (Lipinski definition) is 1. The summed E-state index contributed by atoms with van der Waals surface area (Å²) in [5, 5.41) is 8.87. The van der Waals surface area contributed by atoms with Crippen LogP contribution in [0.25, 0.3) is 47.7 Å². The highest BCUT2D eigenvalue weighted by atomic mass is 32.1. The number of hydrogen-bond acceptors (Lipinski definition) is 2. The SMILES string of the molecule is c1cc(Nc2cccc3sc4ccccc4c23)cc(-n2c3ccccc3c3ccccc32)c1. The first-order chi connectivity index (χ1) is 16.4. The number of thiophene rings is 1. The molecule has 156 valence electrons. The standard InChI is InChI=1S/C30H20N2S/c1-4-15-26-22(11-1)23-12-2-5-16-27(23)32(26)21-10-7-9-20(19-21)31-25-14-8-18-29-30(25)24-13-3-6-17-28(24)33-29/h1-19,31H. The van der Waals surface area contributed by atoms with Gasteiger partial charge in [-0.3, -0.25) is 0 Å². The van der Waals surface area contributed by atoms with Gasteiger partial charge < -0.3 is 9.88 Å². The van der Waals surface area contributed by atoms with Crippen molar-refractivity contribution in [2.45, 2.75) is 0 Å². The number of fused-ring (bicyclic) bond motifs is 6. The minimum atomic E-state index is 1.08. The Morgan fingerprint density at radius 1 is 0.545 bits per heavy atom. The molecule has 0 saturated heterocycles. The first-order valence-electron chi connectivity index (χ1n) is 11.1. The van der Waals surface area contributed by atoms with Crippen LogP contribution < -0.4 is 5.32 Å². The molecule has 0 saturated carbocycles. The molecular formula is C30H20N2S. The Balaban J connectivity index is 1.39. The van der Waals surface area contributed by atoms with Crippen LogP contribution in [0.5, 0.6) is 0 Å². The first-order valence-corrected chi connectivity index (χ1v) is 11.9. The number of nitrogens with one attached hydrogen (secondary N) is 1. The maximum atomic E-state index is 3.72. The lowest BCUT2D eigenvalue weighted by atomic mass is 10.1. The molecule has 0 fully saturated rings. The third kappa shape index (κ3) is 2.86. The van der Waals surface area contributed by atoms with E-state index in [1.54, 1.807) is 0 Å². The molecule has 2 nitrogen and oxygen atoms in total. The third-order valence-electron chi connectivity index (χ3n) is 6.37. The molecule has 1 N–H and O–H groups in total. The highest BCUT2D eigenvalue weighted by Crippen LogP contribution is 2.39. The Kier molecular flexibility index (Phi) is 4.05. The molecule has 2 heterocycles. The van der Waals surface area contributed by atoms with Crippen LogP contribution in [0.2, 0.25) is 0 Å². The lowest BCUT2D eigenvalue weighted by Crippen LogP contribution is -1.96. The molecule has 0 radical (unpaired) electrons. The molecular weight excluding hydrogens is 420 g/mol. The molecule has 5 aromatic carbocycles. The van der Waals surface area contributed by atoms with Crippen LogP contribution in [0.1, 0.15) is 0 Å². The van der Waals surface area contributed by atoms with E-state index in [1.807, 2.05) is 11.3 Å². The van der Waals surface area contributed by atoms with Crippen molar-refractivity contribution in [3.8, 4) is 5.69 Å². The van der Waals surface area contributed by atoms with Gasteiger partial charge in [0.1, 0.15) is 0 Å². The van der Waals surface area contributed by atoms with Gasteiger partial charge in [0, 0.05) is 48.0 Å². The number of rotatable bonds is 3. The summed E-state index contributed by atoms with van der Waals surface area (Å²) in [7, 11) is 0. The van der Waals surface area contributed by atoms with Gasteiger partial charge in [0.15, 0.2) is 0 Å². The summed E-state index contributed by atoms with van der Waals surface area (Å²) in [4.78, 5) is 0. The number of nitrogens with zero attached hydrogens (tertiary/aromatic N) is 1. The van der Waals surface area contributed by atoms with Crippen LogP contribution in [0, 0.1) is 0 Å². The van der Waals surface area contributed by atoms with E-state index in [2.05, 4.69) is 125 Å². The molecule has 2 aromatic heterocycles. The normalized spacial score (nSPS) is 11.6. The average Bonchev–Trinajstić information content (AvgIpc) is 3.41. The van der Waals surface area contributed by atoms with E-state index in [9.17, 15) is 0 Å². The van der Waals surface area contributed by atoms with Crippen molar-refractivity contribution in [1.82, 2.24) is 4.57 Å². The average molecular weight is 441 g/mol. The molecule has 0 spiro atoms. The van der Waals surface area contributed by atoms with Crippen molar-refractivity contribution in [3.05, 3.63) is 115 Å². The van der Waals surface area contributed by atoms with Gasteiger partial charge in [0.2, 0.25) is 0 Å². The van der Waals surface area contributed by atoms with Crippen molar-refractivity contribution in [3.63, 3.8) is 0 Å². The maximum Gasteiger partial charge on any atom is 0.0541 e. The smallest absolute Gasteiger partial charge is 0.0541 e. The first kappa shape index (κ1) is 18.5. The van der Waals surface area contributed by atoms with E-state index in [0.29, 0.717) is 0 Å². The second-order valence-electron chi connectivity index (χ2n) is 8.32. The van der Waals surface area contributed by atoms with Crippen LogP contribution in [0.15, 0.2) is 115 Å². The molecule has 0 unspecified atom stereocenters. The molecule has 0 amide bonds. The van der Waals surface area contributed by atoms with Gasteiger partial charge in [0.25, 0.3) is 0 Å². The predicted molar refractivity (Wildman–Crippen MR) is 143 cm³/mol. The van der Waals surface area contributed by atoms with Gasteiger partial charge in [-0.05, 0) is 48.5 Å². The molecule has 7 rings (SSSR count).